The smallest absolute Gasteiger partial charge is 0.239 e. The molecule has 0 aliphatic heterocycles. The van der Waals surface area contributed by atoms with Crippen molar-refractivity contribution in [3.8, 4) is 5.75 Å². The van der Waals surface area contributed by atoms with E-state index in [1.54, 1.807) is 7.11 Å². The van der Waals surface area contributed by atoms with E-state index >= 15 is 0 Å². The first kappa shape index (κ1) is 16.8. The highest BCUT2D eigenvalue weighted by atomic mass is 16.5. The molecule has 0 spiro atoms. The van der Waals surface area contributed by atoms with E-state index in [1.807, 2.05) is 54.4 Å². The highest BCUT2D eigenvalue weighted by molar-refractivity contribution is 5.87. The van der Waals surface area contributed by atoms with Gasteiger partial charge in [0.15, 0.2) is 0 Å². The molecule has 0 radical (unpaired) electrons. The summed E-state index contributed by atoms with van der Waals surface area (Å²) >= 11 is 0. The molecule has 0 bridgehead atoms. The third-order valence-electron chi connectivity index (χ3n) is 4.18. The minimum Gasteiger partial charge on any atom is -0.497 e. The number of likely N-dealkylation sites (N-methyl/N-ethyl adjacent to an activating group) is 1. The molecule has 4 nitrogen and oxygen atoms in total. The van der Waals surface area contributed by atoms with Gasteiger partial charge >= 0.3 is 0 Å². The molecule has 0 saturated heterocycles. The number of carbonyl (C=O) groups excluding carboxylic acids is 1. The van der Waals surface area contributed by atoms with Crippen LogP contribution < -0.4 is 15.0 Å². The zero-order valence-corrected chi connectivity index (χ0v) is 14.5. The number of anilines is 1. The molecule has 1 amide bonds. The minimum absolute atomic E-state index is 0.0153. The van der Waals surface area contributed by atoms with Gasteiger partial charge in [-0.2, -0.15) is 0 Å². The summed E-state index contributed by atoms with van der Waals surface area (Å²) < 4.78 is 5.20. The number of ether oxygens (including phenoxy) is 1. The minimum atomic E-state index is -0.0153. The van der Waals surface area contributed by atoms with Crippen molar-refractivity contribution in [3.05, 3.63) is 72.3 Å². The highest BCUT2D eigenvalue weighted by Gasteiger charge is 2.08. The quantitative estimate of drug-likeness (QED) is 0.749. The van der Waals surface area contributed by atoms with Gasteiger partial charge in [0.25, 0.3) is 0 Å². The van der Waals surface area contributed by atoms with Gasteiger partial charge in [-0.1, -0.05) is 42.5 Å². The Kier molecular flexibility index (Phi) is 5.19. The number of methoxy groups -OCH3 is 1. The van der Waals surface area contributed by atoms with Crippen LogP contribution in [0.5, 0.6) is 5.75 Å². The third-order valence-corrected chi connectivity index (χ3v) is 4.18. The Morgan fingerprint density at radius 2 is 1.80 bits per heavy atom. The molecule has 3 aromatic rings. The van der Waals surface area contributed by atoms with Gasteiger partial charge in [-0.15, -0.1) is 0 Å². The molecular formula is C21H22N2O2. The number of rotatable bonds is 6. The van der Waals surface area contributed by atoms with Gasteiger partial charge in [0.1, 0.15) is 5.75 Å². The number of carbonyl (C=O) groups is 1. The predicted octanol–water partition coefficient (Wildman–Crippen LogP) is 3.60. The Labute approximate surface area is 148 Å². The van der Waals surface area contributed by atoms with Crippen LogP contribution in [0.2, 0.25) is 0 Å². The van der Waals surface area contributed by atoms with Crippen molar-refractivity contribution in [2.75, 3.05) is 25.6 Å². The van der Waals surface area contributed by atoms with Crippen LogP contribution in [0.25, 0.3) is 10.8 Å². The average Bonchev–Trinajstić information content (AvgIpc) is 2.66. The maximum absolute atomic E-state index is 12.2. The molecule has 0 aromatic heterocycles. The summed E-state index contributed by atoms with van der Waals surface area (Å²) in [5.41, 5.74) is 2.04. The largest absolute Gasteiger partial charge is 0.497 e. The first-order valence-corrected chi connectivity index (χ1v) is 8.25. The second-order valence-electron chi connectivity index (χ2n) is 6.02. The fraction of sp³-hybridized carbons (Fsp3) is 0.190. The molecule has 0 aliphatic carbocycles. The van der Waals surface area contributed by atoms with Crippen molar-refractivity contribution in [1.82, 2.24) is 5.32 Å². The number of nitrogens with zero attached hydrogens (tertiary/aromatic N) is 1. The van der Waals surface area contributed by atoms with Gasteiger partial charge < -0.3 is 15.0 Å². The topological polar surface area (TPSA) is 41.6 Å². The zero-order chi connectivity index (χ0) is 17.6. The lowest BCUT2D eigenvalue weighted by molar-refractivity contribution is -0.119. The highest BCUT2D eigenvalue weighted by Crippen LogP contribution is 2.21. The number of hydrogen-bond acceptors (Lipinski definition) is 3. The van der Waals surface area contributed by atoms with Gasteiger partial charge in [0, 0.05) is 19.3 Å². The zero-order valence-electron chi connectivity index (χ0n) is 14.5. The summed E-state index contributed by atoms with van der Waals surface area (Å²) in [5.74, 6) is 0.776. The molecule has 0 fully saturated rings. The van der Waals surface area contributed by atoms with Gasteiger partial charge in [-0.05, 0) is 40.6 Å². The van der Waals surface area contributed by atoms with Crippen molar-refractivity contribution >= 4 is 22.4 Å². The van der Waals surface area contributed by atoms with Crippen LogP contribution in [0, 0.1) is 0 Å². The average molecular weight is 334 g/mol. The summed E-state index contributed by atoms with van der Waals surface area (Å²) in [5, 5.41) is 5.32. The summed E-state index contributed by atoms with van der Waals surface area (Å²) in [4.78, 5) is 14.2. The molecule has 0 aliphatic rings. The first-order chi connectivity index (χ1) is 12.2. The van der Waals surface area contributed by atoms with E-state index in [4.69, 9.17) is 4.74 Å². The van der Waals surface area contributed by atoms with Crippen LogP contribution in [0.1, 0.15) is 5.56 Å². The van der Waals surface area contributed by atoms with Crippen molar-refractivity contribution in [2.45, 2.75) is 6.54 Å². The lowest BCUT2D eigenvalue weighted by atomic mass is 10.1. The van der Waals surface area contributed by atoms with Gasteiger partial charge in [-0.25, -0.2) is 0 Å². The predicted molar refractivity (Wildman–Crippen MR) is 102 cm³/mol. The van der Waals surface area contributed by atoms with E-state index < -0.39 is 0 Å². The maximum Gasteiger partial charge on any atom is 0.239 e. The number of fused-ring (bicyclic) bond motifs is 1. The molecular weight excluding hydrogens is 312 g/mol. The van der Waals surface area contributed by atoms with Gasteiger partial charge in [-0.3, -0.25) is 4.79 Å². The number of hydrogen-bond donors (Lipinski definition) is 1. The molecule has 4 heteroatoms. The Bertz CT molecular complexity index is 876. The monoisotopic (exact) mass is 334 g/mol. The van der Waals surface area contributed by atoms with E-state index in [0.29, 0.717) is 13.1 Å². The second-order valence-corrected chi connectivity index (χ2v) is 6.02. The van der Waals surface area contributed by atoms with Crippen LogP contribution in [0.3, 0.4) is 0 Å². The summed E-state index contributed by atoms with van der Waals surface area (Å²) in [6.07, 6.45) is 0. The van der Waals surface area contributed by atoms with Crippen LogP contribution >= 0.6 is 0 Å². The molecule has 25 heavy (non-hydrogen) atoms. The molecule has 0 heterocycles. The standard InChI is InChI=1S/C21H22N2O2/c1-23(19-11-10-17-7-3-4-8-18(17)13-19)15-21(24)22-14-16-6-5-9-20(12-16)25-2/h3-13H,14-15H2,1-2H3,(H,22,24). The Hall–Kier alpha value is -3.01. The normalized spacial score (nSPS) is 10.5. The van der Waals surface area contributed by atoms with E-state index in [-0.39, 0.29) is 5.91 Å². The van der Waals surface area contributed by atoms with E-state index in [1.165, 1.54) is 10.8 Å². The summed E-state index contributed by atoms with van der Waals surface area (Å²) in [6.45, 7) is 0.796. The molecule has 3 rings (SSSR count). The van der Waals surface area contributed by atoms with Crippen molar-refractivity contribution in [3.63, 3.8) is 0 Å². The molecule has 3 aromatic carbocycles. The van der Waals surface area contributed by atoms with Crippen molar-refractivity contribution in [2.24, 2.45) is 0 Å². The number of amides is 1. The van der Waals surface area contributed by atoms with Crippen LogP contribution in [-0.4, -0.2) is 26.6 Å². The van der Waals surface area contributed by atoms with Crippen LogP contribution in [-0.2, 0) is 11.3 Å². The third kappa shape index (κ3) is 4.29. The van der Waals surface area contributed by atoms with E-state index in [0.717, 1.165) is 17.0 Å². The summed E-state index contributed by atoms with van der Waals surface area (Å²) in [6, 6.07) is 22.1. The van der Waals surface area contributed by atoms with Crippen molar-refractivity contribution in [1.29, 1.82) is 0 Å². The maximum atomic E-state index is 12.2. The fourth-order valence-electron chi connectivity index (χ4n) is 2.76. The molecule has 0 atom stereocenters. The van der Waals surface area contributed by atoms with Crippen molar-refractivity contribution < 1.29 is 9.53 Å². The Balaban J connectivity index is 1.59. The molecule has 0 unspecified atom stereocenters. The fourth-order valence-corrected chi connectivity index (χ4v) is 2.76. The molecule has 0 saturated carbocycles. The van der Waals surface area contributed by atoms with E-state index in [9.17, 15) is 4.79 Å². The summed E-state index contributed by atoms with van der Waals surface area (Å²) in [7, 11) is 3.56. The van der Waals surface area contributed by atoms with Gasteiger partial charge in [0.2, 0.25) is 5.91 Å². The Morgan fingerprint density at radius 1 is 1.00 bits per heavy atom. The first-order valence-electron chi connectivity index (χ1n) is 8.25. The lowest BCUT2D eigenvalue weighted by Crippen LogP contribution is -2.34. The van der Waals surface area contributed by atoms with Crippen LogP contribution in [0.4, 0.5) is 5.69 Å². The number of benzene rings is 3. The number of nitrogens with one attached hydrogen (secondary N) is 1. The lowest BCUT2D eigenvalue weighted by Gasteiger charge is -2.19. The molecule has 128 valence electrons. The second kappa shape index (κ2) is 7.71. The Morgan fingerprint density at radius 3 is 2.60 bits per heavy atom. The molecule has 1 N–H and O–H groups in total. The SMILES string of the molecule is COc1cccc(CNC(=O)CN(C)c2ccc3ccccc3c2)c1. The van der Waals surface area contributed by atoms with Crippen LogP contribution in [0.15, 0.2) is 66.7 Å². The van der Waals surface area contributed by atoms with Gasteiger partial charge in [0.05, 0.1) is 13.7 Å². The van der Waals surface area contributed by atoms with E-state index in [2.05, 4.69) is 29.6 Å².